The number of halogens is 1. The van der Waals surface area contributed by atoms with Gasteiger partial charge >= 0.3 is 0 Å². The molecule has 0 aromatic heterocycles. The number of aliphatic hydroxyl groups excluding tert-OH is 1. The normalized spacial score (nSPS) is 12.5. The van der Waals surface area contributed by atoms with Crippen LogP contribution in [0.5, 0.6) is 0 Å². The molecule has 0 bridgehead atoms. The highest BCUT2D eigenvalue weighted by Crippen LogP contribution is 2.27. The van der Waals surface area contributed by atoms with Gasteiger partial charge in [-0.05, 0) is 13.0 Å². The molecule has 98 valence electrons. The van der Waals surface area contributed by atoms with Crippen molar-refractivity contribution in [2.75, 3.05) is 12.3 Å². The number of nitrogens with zero attached hydrogens (tertiary/aromatic N) is 1. The molecule has 0 saturated carbocycles. The third-order valence-electron chi connectivity index (χ3n) is 2.78. The van der Waals surface area contributed by atoms with Crippen molar-refractivity contribution in [2.45, 2.75) is 32.9 Å². The van der Waals surface area contributed by atoms with Crippen molar-refractivity contribution in [1.29, 1.82) is 5.26 Å². The van der Waals surface area contributed by atoms with Crippen molar-refractivity contribution < 1.29 is 9.50 Å². The number of rotatable bonds is 4. The van der Waals surface area contributed by atoms with Crippen molar-refractivity contribution in [1.82, 2.24) is 5.32 Å². The van der Waals surface area contributed by atoms with E-state index in [1.807, 2.05) is 19.9 Å². The van der Waals surface area contributed by atoms with E-state index in [1.54, 1.807) is 0 Å². The Labute approximate surface area is 106 Å². The summed E-state index contributed by atoms with van der Waals surface area (Å²) in [6.45, 7) is 5.58. The minimum atomic E-state index is -1.00. The molecule has 1 atom stereocenters. The highest BCUT2D eigenvalue weighted by molar-refractivity contribution is 5.61. The second kappa shape index (κ2) is 5.80. The van der Waals surface area contributed by atoms with Gasteiger partial charge in [-0.1, -0.05) is 13.8 Å². The zero-order valence-electron chi connectivity index (χ0n) is 10.8. The third kappa shape index (κ3) is 2.97. The van der Waals surface area contributed by atoms with Gasteiger partial charge in [0.05, 0.1) is 17.4 Å². The first-order valence-electron chi connectivity index (χ1n) is 5.78. The van der Waals surface area contributed by atoms with Crippen LogP contribution in [0.25, 0.3) is 0 Å². The van der Waals surface area contributed by atoms with Crippen LogP contribution in [-0.2, 0) is 0 Å². The average molecular weight is 251 g/mol. The van der Waals surface area contributed by atoms with Gasteiger partial charge in [0.2, 0.25) is 0 Å². The maximum atomic E-state index is 14.0. The highest BCUT2D eigenvalue weighted by atomic mass is 19.1. The first kappa shape index (κ1) is 14.4. The maximum Gasteiger partial charge on any atom is 0.134 e. The van der Waals surface area contributed by atoms with E-state index in [1.165, 1.54) is 13.0 Å². The second-order valence-electron chi connectivity index (χ2n) is 4.56. The number of benzene rings is 1. The summed E-state index contributed by atoms with van der Waals surface area (Å²) in [5.74, 6) is -0.551. The molecule has 0 saturated heterocycles. The Morgan fingerprint density at radius 1 is 1.56 bits per heavy atom. The van der Waals surface area contributed by atoms with Crippen LogP contribution in [-0.4, -0.2) is 17.7 Å². The average Bonchev–Trinajstić information content (AvgIpc) is 2.33. The number of nitrogens with two attached hydrogens (primary N) is 1. The fourth-order valence-corrected chi connectivity index (χ4v) is 1.63. The fourth-order valence-electron chi connectivity index (χ4n) is 1.63. The monoisotopic (exact) mass is 251 g/mol. The van der Waals surface area contributed by atoms with Crippen molar-refractivity contribution in [2.24, 2.45) is 0 Å². The molecule has 0 amide bonds. The van der Waals surface area contributed by atoms with Crippen LogP contribution in [0.4, 0.5) is 10.1 Å². The van der Waals surface area contributed by atoms with Crippen LogP contribution in [0.1, 0.15) is 36.6 Å². The molecule has 0 aliphatic carbocycles. The summed E-state index contributed by atoms with van der Waals surface area (Å²) in [4.78, 5) is 0. The summed E-state index contributed by atoms with van der Waals surface area (Å²) in [5, 5.41) is 21.9. The fraction of sp³-hybridized carbons (Fsp3) is 0.462. The summed E-state index contributed by atoms with van der Waals surface area (Å²) in [6, 6.07) is 3.40. The molecule has 1 rings (SSSR count). The minimum absolute atomic E-state index is 0.103. The Balaban J connectivity index is 3.09. The molecule has 0 spiro atoms. The van der Waals surface area contributed by atoms with Gasteiger partial charge in [-0.25, -0.2) is 4.39 Å². The minimum Gasteiger partial charge on any atom is -0.397 e. The van der Waals surface area contributed by atoms with Crippen molar-refractivity contribution in [3.63, 3.8) is 0 Å². The molecule has 5 heteroatoms. The van der Waals surface area contributed by atoms with Gasteiger partial charge < -0.3 is 16.2 Å². The van der Waals surface area contributed by atoms with Gasteiger partial charge in [0.15, 0.2) is 0 Å². The molecular formula is C13H18FN3O. The molecule has 1 aromatic carbocycles. The van der Waals surface area contributed by atoms with E-state index in [0.717, 1.165) is 0 Å². The molecule has 0 aliphatic rings. The first-order chi connectivity index (χ1) is 8.38. The van der Waals surface area contributed by atoms with Gasteiger partial charge in [0.25, 0.3) is 0 Å². The standard InChI is InChI=1S/C13H18FN3O/c1-7(2)17-6-11(18)10-4-9(5-15)13(16)8(3)12(10)14/h4,7,11,17-18H,6,16H2,1-3H3. The Kier molecular flexibility index (Phi) is 4.65. The van der Waals surface area contributed by atoms with E-state index in [-0.39, 0.29) is 35.0 Å². The van der Waals surface area contributed by atoms with Gasteiger partial charge in [0.1, 0.15) is 11.9 Å². The van der Waals surface area contributed by atoms with Crippen LogP contribution in [0.2, 0.25) is 0 Å². The molecule has 1 aromatic rings. The van der Waals surface area contributed by atoms with Gasteiger partial charge in [-0.3, -0.25) is 0 Å². The number of nitrogen functional groups attached to an aromatic ring is 1. The summed E-state index contributed by atoms with van der Waals surface area (Å²) in [7, 11) is 0. The molecule has 4 N–H and O–H groups in total. The molecule has 4 nitrogen and oxygen atoms in total. The lowest BCUT2D eigenvalue weighted by atomic mass is 9.99. The zero-order chi connectivity index (χ0) is 13.9. The quantitative estimate of drug-likeness (QED) is 0.710. The molecule has 18 heavy (non-hydrogen) atoms. The smallest absolute Gasteiger partial charge is 0.134 e. The van der Waals surface area contributed by atoms with Gasteiger partial charge in [0, 0.05) is 23.7 Å². The van der Waals surface area contributed by atoms with Crippen LogP contribution >= 0.6 is 0 Å². The molecule has 1 unspecified atom stereocenters. The largest absolute Gasteiger partial charge is 0.397 e. The lowest BCUT2D eigenvalue weighted by Gasteiger charge is -2.17. The van der Waals surface area contributed by atoms with E-state index < -0.39 is 11.9 Å². The van der Waals surface area contributed by atoms with Crippen LogP contribution in [0.15, 0.2) is 6.07 Å². The number of aliphatic hydroxyl groups is 1. The molecule has 0 radical (unpaired) electrons. The van der Waals surface area contributed by atoms with Gasteiger partial charge in [-0.2, -0.15) is 5.26 Å². The van der Waals surface area contributed by atoms with Crippen LogP contribution in [0.3, 0.4) is 0 Å². The first-order valence-corrected chi connectivity index (χ1v) is 5.78. The third-order valence-corrected chi connectivity index (χ3v) is 2.78. The van der Waals surface area contributed by atoms with E-state index in [9.17, 15) is 9.50 Å². The SMILES string of the molecule is Cc1c(N)c(C#N)cc(C(O)CNC(C)C)c1F. The van der Waals surface area contributed by atoms with Crippen molar-refractivity contribution >= 4 is 5.69 Å². The topological polar surface area (TPSA) is 82.1 Å². The summed E-state index contributed by atoms with van der Waals surface area (Å²) in [5.41, 5.74) is 6.25. The van der Waals surface area contributed by atoms with E-state index in [4.69, 9.17) is 11.0 Å². The van der Waals surface area contributed by atoms with Gasteiger partial charge in [-0.15, -0.1) is 0 Å². The number of hydrogen-bond acceptors (Lipinski definition) is 4. The molecule has 0 fully saturated rings. The summed E-state index contributed by atoms with van der Waals surface area (Å²) < 4.78 is 14.0. The number of hydrogen-bond donors (Lipinski definition) is 3. The highest BCUT2D eigenvalue weighted by Gasteiger charge is 2.19. The second-order valence-corrected chi connectivity index (χ2v) is 4.56. The Morgan fingerprint density at radius 3 is 2.67 bits per heavy atom. The lowest BCUT2D eigenvalue weighted by molar-refractivity contribution is 0.167. The number of nitrogens with one attached hydrogen (secondary N) is 1. The van der Waals surface area contributed by atoms with E-state index in [2.05, 4.69) is 5.32 Å². The number of anilines is 1. The van der Waals surface area contributed by atoms with Crippen molar-refractivity contribution in [3.05, 3.63) is 28.6 Å². The molecular weight excluding hydrogens is 233 g/mol. The number of nitriles is 1. The van der Waals surface area contributed by atoms with Crippen LogP contribution < -0.4 is 11.1 Å². The predicted molar refractivity (Wildman–Crippen MR) is 68.4 cm³/mol. The Morgan fingerprint density at radius 2 is 2.17 bits per heavy atom. The summed E-state index contributed by atoms with van der Waals surface area (Å²) >= 11 is 0. The van der Waals surface area contributed by atoms with Crippen molar-refractivity contribution in [3.8, 4) is 6.07 Å². The zero-order valence-corrected chi connectivity index (χ0v) is 10.8. The maximum absolute atomic E-state index is 14.0. The lowest BCUT2D eigenvalue weighted by Crippen LogP contribution is -2.28. The van der Waals surface area contributed by atoms with E-state index in [0.29, 0.717) is 0 Å². The van der Waals surface area contributed by atoms with Crippen LogP contribution in [0, 0.1) is 24.1 Å². The molecule has 0 heterocycles. The molecule has 0 aliphatic heterocycles. The van der Waals surface area contributed by atoms with E-state index >= 15 is 0 Å². The predicted octanol–water partition coefficient (Wildman–Crippen LogP) is 1.62. The Bertz CT molecular complexity index is 480. The summed E-state index contributed by atoms with van der Waals surface area (Å²) in [6.07, 6.45) is -1.00. The Hall–Kier alpha value is -1.64.